The smallest absolute Gasteiger partial charge is 0.309 e. The molecule has 4 fully saturated rings. The molecular weight excluding hydrogens is 595 g/mol. The van der Waals surface area contributed by atoms with Crippen molar-refractivity contribution < 1.29 is 23.1 Å². The lowest BCUT2D eigenvalue weighted by Crippen LogP contribution is -2.58. The van der Waals surface area contributed by atoms with Gasteiger partial charge in [0, 0.05) is 22.0 Å². The summed E-state index contributed by atoms with van der Waals surface area (Å²) in [5.74, 6) is -0.412. The largest absolute Gasteiger partial charge is 0.481 e. The van der Waals surface area contributed by atoms with Crippen LogP contribution in [0, 0.1) is 11.3 Å². The number of rotatable bonds is 8. The maximum absolute atomic E-state index is 13.8. The predicted octanol–water partition coefficient (Wildman–Crippen LogP) is 7.07. The fraction of sp³-hybridized carbons (Fsp3) is 0.559. The van der Waals surface area contributed by atoms with Gasteiger partial charge in [-0.15, -0.1) is 11.3 Å². The van der Waals surface area contributed by atoms with Crippen LogP contribution in [0.2, 0.25) is 0 Å². The molecule has 1 amide bonds. The molecule has 10 heteroatoms. The van der Waals surface area contributed by atoms with E-state index in [1.807, 2.05) is 51.1 Å². The maximum Gasteiger partial charge on any atom is 0.309 e. The maximum atomic E-state index is 13.8. The second kappa shape index (κ2) is 11.5. The van der Waals surface area contributed by atoms with Gasteiger partial charge in [-0.3, -0.25) is 9.59 Å². The molecule has 236 valence electrons. The number of nitrogens with zero attached hydrogens (tertiary/aromatic N) is 1. The Balaban J connectivity index is 1.37. The molecule has 4 aliphatic rings. The first-order valence-electron chi connectivity index (χ1n) is 15.9. The Morgan fingerprint density at radius 2 is 1.59 bits per heavy atom. The number of fused-ring (bicyclic) bond motifs is 4. The van der Waals surface area contributed by atoms with Gasteiger partial charge in [0.05, 0.1) is 20.9 Å². The first-order chi connectivity index (χ1) is 20.8. The summed E-state index contributed by atoms with van der Waals surface area (Å²) < 4.78 is 29.7. The summed E-state index contributed by atoms with van der Waals surface area (Å²) in [4.78, 5) is 31.8. The Morgan fingerprint density at radius 1 is 0.955 bits per heavy atom. The molecule has 0 unspecified atom stereocenters. The lowest BCUT2D eigenvalue weighted by Gasteiger charge is -2.51. The summed E-state index contributed by atoms with van der Waals surface area (Å²) in [6.45, 7) is 5.47. The zero-order chi connectivity index (χ0) is 31.3. The van der Waals surface area contributed by atoms with Crippen LogP contribution in [-0.2, 0) is 21.2 Å². The van der Waals surface area contributed by atoms with Crippen LogP contribution in [0.4, 0.5) is 0 Å². The number of carbonyl (C=O) groups is 2. The van der Waals surface area contributed by atoms with Crippen LogP contribution in [0.15, 0.2) is 41.3 Å². The highest BCUT2D eigenvalue weighted by molar-refractivity contribution is 7.89. The molecule has 0 radical (unpaired) electrons. The van der Waals surface area contributed by atoms with E-state index in [4.69, 9.17) is 4.98 Å². The first-order valence-corrected chi connectivity index (χ1v) is 18.2. The Kier molecular flexibility index (Phi) is 8.16. The number of carboxylic acids is 1. The quantitative estimate of drug-likeness (QED) is 0.243. The van der Waals surface area contributed by atoms with Crippen molar-refractivity contribution in [3.63, 3.8) is 0 Å². The van der Waals surface area contributed by atoms with Gasteiger partial charge in [0.2, 0.25) is 10.0 Å². The molecule has 0 spiro atoms. The van der Waals surface area contributed by atoms with Crippen molar-refractivity contribution >= 4 is 44.0 Å². The summed E-state index contributed by atoms with van der Waals surface area (Å²) in [6.07, 6.45) is 10.5. The molecule has 4 saturated carbocycles. The fourth-order valence-electron chi connectivity index (χ4n) is 7.61. The number of aromatic nitrogens is 1. The minimum atomic E-state index is -3.78. The Morgan fingerprint density at radius 3 is 2.20 bits per heavy atom. The van der Waals surface area contributed by atoms with E-state index in [9.17, 15) is 23.1 Å². The van der Waals surface area contributed by atoms with Crippen molar-refractivity contribution in [1.82, 2.24) is 15.0 Å². The van der Waals surface area contributed by atoms with Gasteiger partial charge in [-0.05, 0) is 83.1 Å². The van der Waals surface area contributed by atoms with Crippen LogP contribution in [0.3, 0.4) is 0 Å². The Bertz CT molecular complexity index is 1670. The number of hydrogen-bond acceptors (Lipinski definition) is 6. The number of nitrogens with one attached hydrogen (secondary N) is 2. The van der Waals surface area contributed by atoms with Crippen LogP contribution in [0.25, 0.3) is 21.2 Å². The Labute approximate surface area is 264 Å². The highest BCUT2D eigenvalue weighted by Crippen LogP contribution is 2.52. The Hall–Kier alpha value is -2.82. The SMILES string of the molecule is CC(C)(C)NS(=O)(=O)c1ccc(-c2sc(C(=O)NC34CCC(C(=O)O)(CC3)CC4)nc2CC2CCCCC2)c2ccccc12. The van der Waals surface area contributed by atoms with E-state index < -0.39 is 26.9 Å². The van der Waals surface area contributed by atoms with Crippen molar-refractivity contribution in [2.45, 2.75) is 114 Å². The third kappa shape index (κ3) is 6.05. The number of thiazole rings is 1. The first kappa shape index (κ1) is 31.2. The van der Waals surface area contributed by atoms with Gasteiger partial charge in [-0.1, -0.05) is 62.4 Å². The average Bonchev–Trinajstić information content (AvgIpc) is 3.40. The molecule has 0 aliphatic heterocycles. The number of carbonyl (C=O) groups excluding carboxylic acids is 1. The summed E-state index contributed by atoms with van der Waals surface area (Å²) >= 11 is 1.38. The van der Waals surface area contributed by atoms with Crippen molar-refractivity contribution in [2.75, 3.05) is 0 Å². The van der Waals surface area contributed by atoms with Gasteiger partial charge in [0.25, 0.3) is 5.91 Å². The van der Waals surface area contributed by atoms with E-state index in [1.165, 1.54) is 30.6 Å². The number of carboxylic acid groups (broad SMARTS) is 1. The molecular formula is C34H43N3O5S2. The van der Waals surface area contributed by atoms with Crippen LogP contribution < -0.4 is 10.0 Å². The zero-order valence-electron chi connectivity index (χ0n) is 25.9. The summed E-state index contributed by atoms with van der Waals surface area (Å²) in [5, 5.41) is 15.0. The second-order valence-corrected chi connectivity index (χ2v) is 17.0. The van der Waals surface area contributed by atoms with Crippen LogP contribution >= 0.6 is 11.3 Å². The third-order valence-electron chi connectivity index (χ3n) is 10.0. The third-order valence-corrected chi connectivity index (χ3v) is 13.0. The predicted molar refractivity (Wildman–Crippen MR) is 173 cm³/mol. The van der Waals surface area contributed by atoms with Gasteiger partial charge >= 0.3 is 5.97 Å². The van der Waals surface area contributed by atoms with Crippen LogP contribution in [0.5, 0.6) is 0 Å². The lowest BCUT2D eigenvalue weighted by atomic mass is 9.57. The molecule has 44 heavy (non-hydrogen) atoms. The fourth-order valence-corrected chi connectivity index (χ4v) is 10.3. The number of benzene rings is 2. The molecule has 0 saturated heterocycles. The number of amides is 1. The molecule has 3 aromatic rings. The van der Waals surface area contributed by atoms with Gasteiger partial charge < -0.3 is 10.4 Å². The van der Waals surface area contributed by atoms with Crippen molar-refractivity contribution in [3.05, 3.63) is 47.1 Å². The normalized spacial score (nSPS) is 24.4. The summed E-state index contributed by atoms with van der Waals surface area (Å²) in [6, 6.07) is 11.1. The highest BCUT2D eigenvalue weighted by Gasteiger charge is 2.53. The molecule has 7 rings (SSSR count). The van der Waals surface area contributed by atoms with E-state index in [2.05, 4.69) is 10.0 Å². The highest BCUT2D eigenvalue weighted by atomic mass is 32.2. The molecule has 0 atom stereocenters. The van der Waals surface area contributed by atoms with Gasteiger partial charge in [0.1, 0.15) is 0 Å². The van der Waals surface area contributed by atoms with Crippen molar-refractivity contribution in [1.29, 1.82) is 0 Å². The van der Waals surface area contributed by atoms with E-state index in [0.29, 0.717) is 54.8 Å². The number of hydrogen-bond donors (Lipinski definition) is 3. The van der Waals surface area contributed by atoms with Crippen molar-refractivity contribution in [3.8, 4) is 10.4 Å². The van der Waals surface area contributed by atoms with E-state index >= 15 is 0 Å². The molecule has 1 heterocycles. The minimum absolute atomic E-state index is 0.200. The van der Waals surface area contributed by atoms with Gasteiger partial charge in [-0.2, -0.15) is 0 Å². The zero-order valence-corrected chi connectivity index (χ0v) is 27.5. The average molecular weight is 638 g/mol. The summed E-state index contributed by atoms with van der Waals surface area (Å²) in [7, 11) is -3.78. The molecule has 3 N–H and O–H groups in total. The van der Waals surface area contributed by atoms with Crippen LogP contribution in [-0.4, -0.2) is 41.5 Å². The molecule has 2 aromatic carbocycles. The van der Waals surface area contributed by atoms with Crippen LogP contribution in [0.1, 0.15) is 107 Å². The van der Waals surface area contributed by atoms with E-state index in [0.717, 1.165) is 40.8 Å². The second-order valence-electron chi connectivity index (χ2n) is 14.3. The van der Waals surface area contributed by atoms with Gasteiger partial charge in [0.15, 0.2) is 5.01 Å². The molecule has 4 aliphatic carbocycles. The van der Waals surface area contributed by atoms with E-state index in [-0.39, 0.29) is 16.3 Å². The molecule has 1 aromatic heterocycles. The molecule has 2 bridgehead atoms. The number of sulfonamides is 1. The standard InChI is InChI=1S/C34H43N3O5S2/c1-32(2,3)37-44(41,42)27-14-13-25(23-11-7-8-12-24(23)27)28-26(21-22-9-5-4-6-10-22)35-30(43-28)29(38)36-34-18-15-33(16-19-34,17-20-34)31(39)40/h7-8,11-14,22,37H,4-6,9-10,15-21H2,1-3H3,(H,36,38)(H,39,40). The minimum Gasteiger partial charge on any atom is -0.481 e. The molecule has 8 nitrogen and oxygen atoms in total. The summed E-state index contributed by atoms with van der Waals surface area (Å²) in [5.41, 5.74) is 0.133. The monoisotopic (exact) mass is 637 g/mol. The topological polar surface area (TPSA) is 125 Å². The lowest BCUT2D eigenvalue weighted by molar-refractivity contribution is -0.156. The number of aliphatic carboxylic acids is 1. The van der Waals surface area contributed by atoms with Crippen molar-refractivity contribution in [2.24, 2.45) is 11.3 Å². The van der Waals surface area contributed by atoms with E-state index in [1.54, 1.807) is 6.07 Å². The van der Waals surface area contributed by atoms with Gasteiger partial charge in [-0.25, -0.2) is 18.1 Å².